The van der Waals surface area contributed by atoms with Crippen LogP contribution in [0.4, 0.5) is 10.3 Å². The molecule has 0 fully saturated rings. The number of aliphatic hydroxyl groups is 1. The number of anilines is 1. The molecule has 0 radical (unpaired) electrons. The highest BCUT2D eigenvalue weighted by molar-refractivity contribution is 5.77. The van der Waals surface area contributed by atoms with E-state index in [9.17, 15) is 14.3 Å². The molecule has 22 heavy (non-hydrogen) atoms. The van der Waals surface area contributed by atoms with Crippen LogP contribution in [-0.2, 0) is 10.4 Å². The van der Waals surface area contributed by atoms with E-state index < -0.39 is 29.2 Å². The second-order valence-corrected chi connectivity index (χ2v) is 4.85. The van der Waals surface area contributed by atoms with E-state index in [1.54, 1.807) is 6.92 Å². The van der Waals surface area contributed by atoms with Crippen molar-refractivity contribution in [1.82, 2.24) is 14.5 Å². The van der Waals surface area contributed by atoms with Crippen molar-refractivity contribution >= 4 is 17.0 Å². The molecule has 0 spiro atoms. The highest BCUT2D eigenvalue weighted by Crippen LogP contribution is 2.25. The maximum Gasteiger partial charge on any atom is 0.264 e. The summed E-state index contributed by atoms with van der Waals surface area (Å²) in [5.74, 6) is 1.09. The van der Waals surface area contributed by atoms with Gasteiger partial charge in [-0.05, 0) is 6.92 Å². The lowest BCUT2D eigenvalue weighted by atomic mass is 10.00. The van der Waals surface area contributed by atoms with Crippen molar-refractivity contribution in [2.24, 2.45) is 5.73 Å². The van der Waals surface area contributed by atoms with Crippen molar-refractivity contribution in [2.45, 2.75) is 24.8 Å². The number of ether oxygens (including phenoxy) is 1. The standard InChI is InChI=1S/C13H16FN5O3/c1-4-13(16,9(20)6(2)22-3)19-5-7(14)8-10(19)17-12(15)18-11(8)21/h1,5-6,9,20H,16H2,2-3H3,(H3,15,17,18,21)/t6?,9?,13-/m0/s1. The van der Waals surface area contributed by atoms with Gasteiger partial charge in [0, 0.05) is 13.3 Å². The molecule has 8 nitrogen and oxygen atoms in total. The zero-order chi connectivity index (χ0) is 16.7. The number of hydrogen-bond donors (Lipinski definition) is 4. The van der Waals surface area contributed by atoms with Gasteiger partial charge < -0.3 is 15.6 Å². The number of nitrogens with two attached hydrogens (primary N) is 2. The Balaban J connectivity index is 2.78. The largest absolute Gasteiger partial charge is 0.385 e. The fourth-order valence-corrected chi connectivity index (χ4v) is 2.17. The molecule has 3 atom stereocenters. The van der Waals surface area contributed by atoms with Crippen LogP contribution in [0.2, 0.25) is 0 Å². The molecular formula is C13H16FN5O3. The van der Waals surface area contributed by atoms with E-state index in [0.29, 0.717) is 0 Å². The van der Waals surface area contributed by atoms with Crippen LogP contribution in [0.5, 0.6) is 0 Å². The van der Waals surface area contributed by atoms with Gasteiger partial charge >= 0.3 is 0 Å². The van der Waals surface area contributed by atoms with Crippen molar-refractivity contribution in [1.29, 1.82) is 0 Å². The van der Waals surface area contributed by atoms with Gasteiger partial charge in [0.05, 0.1) is 6.10 Å². The van der Waals surface area contributed by atoms with Crippen LogP contribution in [-0.4, -0.2) is 39.0 Å². The molecule has 2 heterocycles. The summed E-state index contributed by atoms with van der Waals surface area (Å²) in [7, 11) is 1.36. The molecule has 0 aliphatic carbocycles. The highest BCUT2D eigenvalue weighted by Gasteiger charge is 2.40. The van der Waals surface area contributed by atoms with Crippen molar-refractivity contribution in [3.63, 3.8) is 0 Å². The van der Waals surface area contributed by atoms with Gasteiger partial charge in [-0.15, -0.1) is 6.42 Å². The summed E-state index contributed by atoms with van der Waals surface area (Å²) in [5.41, 5.74) is 8.70. The normalized spacial score (nSPS) is 16.9. The summed E-state index contributed by atoms with van der Waals surface area (Å²) in [6, 6.07) is 0. The Morgan fingerprint density at radius 1 is 1.68 bits per heavy atom. The topological polar surface area (TPSA) is 132 Å². The van der Waals surface area contributed by atoms with Crippen LogP contribution < -0.4 is 17.0 Å². The number of methoxy groups -OCH3 is 1. The fourth-order valence-electron chi connectivity index (χ4n) is 2.17. The van der Waals surface area contributed by atoms with E-state index >= 15 is 0 Å². The van der Waals surface area contributed by atoms with Gasteiger partial charge in [-0.2, -0.15) is 4.98 Å². The number of aromatic nitrogens is 3. The molecular weight excluding hydrogens is 293 g/mol. The highest BCUT2D eigenvalue weighted by atomic mass is 19.1. The summed E-state index contributed by atoms with van der Waals surface area (Å²) in [6.07, 6.45) is 4.19. The molecule has 2 unspecified atom stereocenters. The van der Waals surface area contributed by atoms with Gasteiger partial charge in [0.2, 0.25) is 5.95 Å². The van der Waals surface area contributed by atoms with E-state index in [1.807, 2.05) is 0 Å². The number of nitrogens with one attached hydrogen (secondary N) is 1. The minimum absolute atomic E-state index is 0.165. The van der Waals surface area contributed by atoms with Gasteiger partial charge in [-0.3, -0.25) is 20.1 Å². The number of fused-ring (bicyclic) bond motifs is 1. The summed E-state index contributed by atoms with van der Waals surface area (Å²) < 4.78 is 20.1. The second-order valence-electron chi connectivity index (χ2n) is 4.85. The maximum atomic E-state index is 14.1. The van der Waals surface area contributed by atoms with Gasteiger partial charge in [0.25, 0.3) is 5.56 Å². The van der Waals surface area contributed by atoms with Crippen LogP contribution >= 0.6 is 0 Å². The average Bonchev–Trinajstić information content (AvgIpc) is 2.82. The molecule has 9 heteroatoms. The third kappa shape index (κ3) is 2.23. The number of hydrogen-bond acceptors (Lipinski definition) is 6. The van der Waals surface area contributed by atoms with E-state index in [4.69, 9.17) is 22.6 Å². The van der Waals surface area contributed by atoms with Crippen LogP contribution in [0.15, 0.2) is 11.0 Å². The quantitative estimate of drug-likeness (QED) is 0.540. The van der Waals surface area contributed by atoms with Crippen molar-refractivity contribution < 1.29 is 14.2 Å². The van der Waals surface area contributed by atoms with Crippen LogP contribution in [0, 0.1) is 18.2 Å². The number of nitrogens with zero attached hydrogens (tertiary/aromatic N) is 2. The van der Waals surface area contributed by atoms with E-state index in [2.05, 4.69) is 15.9 Å². The number of H-pyrrole nitrogens is 1. The Bertz CT molecular complexity index is 808. The van der Waals surface area contributed by atoms with Crippen LogP contribution in [0.25, 0.3) is 11.0 Å². The monoisotopic (exact) mass is 309 g/mol. The number of nitrogen functional groups attached to an aromatic ring is 1. The van der Waals surface area contributed by atoms with Crippen LogP contribution in [0.1, 0.15) is 6.92 Å². The van der Waals surface area contributed by atoms with Crippen LogP contribution in [0.3, 0.4) is 0 Å². The molecule has 0 saturated carbocycles. The summed E-state index contributed by atoms with van der Waals surface area (Å²) in [6.45, 7) is 1.54. The predicted molar refractivity (Wildman–Crippen MR) is 78.2 cm³/mol. The average molecular weight is 309 g/mol. The Labute approximate surface area is 124 Å². The lowest BCUT2D eigenvalue weighted by molar-refractivity contribution is -0.0461. The molecule has 2 aromatic rings. The predicted octanol–water partition coefficient (Wildman–Crippen LogP) is -0.914. The Kier molecular flexibility index (Phi) is 3.93. The molecule has 0 aliphatic heterocycles. The summed E-state index contributed by atoms with van der Waals surface area (Å²) >= 11 is 0. The first-order valence-electron chi connectivity index (χ1n) is 6.30. The maximum absolute atomic E-state index is 14.1. The fraction of sp³-hybridized carbons (Fsp3) is 0.385. The SMILES string of the molecule is C#C[C@@](N)(C(O)C(C)OC)n1cc(F)c2c(=O)[nH]c(N)nc21. The molecule has 0 bridgehead atoms. The third-order valence-electron chi connectivity index (χ3n) is 3.53. The van der Waals surface area contributed by atoms with E-state index in [-0.39, 0.29) is 17.0 Å². The summed E-state index contributed by atoms with van der Waals surface area (Å²) in [4.78, 5) is 17.8. The number of aliphatic hydroxyl groups excluding tert-OH is 1. The van der Waals surface area contributed by atoms with Gasteiger partial charge in [-0.25, -0.2) is 4.39 Å². The number of terminal acetylenes is 1. The van der Waals surface area contributed by atoms with Crippen molar-refractivity contribution in [3.05, 3.63) is 22.4 Å². The van der Waals surface area contributed by atoms with Gasteiger partial charge in [0.15, 0.2) is 17.1 Å². The first-order valence-corrected chi connectivity index (χ1v) is 6.30. The van der Waals surface area contributed by atoms with Crippen molar-refractivity contribution in [2.75, 3.05) is 12.8 Å². The molecule has 118 valence electrons. The van der Waals surface area contributed by atoms with Gasteiger partial charge in [0.1, 0.15) is 11.5 Å². The second kappa shape index (κ2) is 5.42. The first-order chi connectivity index (χ1) is 10.3. The van der Waals surface area contributed by atoms with Gasteiger partial charge in [-0.1, -0.05) is 5.92 Å². The van der Waals surface area contributed by atoms with E-state index in [0.717, 1.165) is 10.8 Å². The Morgan fingerprint density at radius 2 is 2.32 bits per heavy atom. The Hall–Kier alpha value is -2.41. The zero-order valence-corrected chi connectivity index (χ0v) is 12.0. The minimum atomic E-state index is -1.88. The molecule has 6 N–H and O–H groups in total. The lowest BCUT2D eigenvalue weighted by Gasteiger charge is -2.33. The lowest BCUT2D eigenvalue weighted by Crippen LogP contribution is -2.56. The molecule has 2 rings (SSSR count). The molecule has 0 amide bonds. The molecule has 2 aromatic heterocycles. The number of rotatable bonds is 4. The first kappa shape index (κ1) is 16.0. The number of halogens is 1. The summed E-state index contributed by atoms with van der Waals surface area (Å²) in [5, 5.41) is 9.97. The zero-order valence-electron chi connectivity index (χ0n) is 12.0. The number of aromatic amines is 1. The van der Waals surface area contributed by atoms with E-state index in [1.165, 1.54) is 7.11 Å². The third-order valence-corrected chi connectivity index (χ3v) is 3.53. The Morgan fingerprint density at radius 3 is 2.86 bits per heavy atom. The van der Waals surface area contributed by atoms with Crippen molar-refractivity contribution in [3.8, 4) is 12.3 Å². The minimum Gasteiger partial charge on any atom is -0.385 e. The molecule has 0 saturated heterocycles. The molecule has 0 aromatic carbocycles. The molecule has 0 aliphatic rings. The smallest absolute Gasteiger partial charge is 0.264 e.